The lowest BCUT2D eigenvalue weighted by Gasteiger charge is -2.34. The molecule has 0 unspecified atom stereocenters. The normalized spacial score (nSPS) is 13.7. The molecule has 4 aromatic carbocycles. The summed E-state index contributed by atoms with van der Waals surface area (Å²) in [6.07, 6.45) is 2.29. The van der Waals surface area contributed by atoms with Crippen LogP contribution in [0, 0.1) is 0 Å². The summed E-state index contributed by atoms with van der Waals surface area (Å²) in [7, 11) is 0. The van der Waals surface area contributed by atoms with Crippen molar-refractivity contribution in [1.29, 1.82) is 0 Å². The monoisotopic (exact) mass is 531 g/mol. The van der Waals surface area contributed by atoms with Crippen molar-refractivity contribution in [3.8, 4) is 22.9 Å². The molecule has 1 saturated heterocycles. The van der Waals surface area contributed by atoms with Crippen LogP contribution in [0.3, 0.4) is 0 Å². The highest BCUT2D eigenvalue weighted by atomic mass is 16.7. The molecule has 1 aliphatic heterocycles. The first-order valence-corrected chi connectivity index (χ1v) is 13.3. The van der Waals surface area contributed by atoms with Crippen molar-refractivity contribution in [2.45, 2.75) is 18.8 Å². The zero-order valence-corrected chi connectivity index (χ0v) is 21.9. The quantitative estimate of drug-likeness (QED) is 0.180. The zero-order chi connectivity index (χ0) is 27.3. The minimum absolute atomic E-state index is 0.369. The second-order valence-electron chi connectivity index (χ2n) is 9.79. The second kappa shape index (κ2) is 11.3. The van der Waals surface area contributed by atoms with Crippen LogP contribution in [0.1, 0.15) is 34.7 Å². The van der Waals surface area contributed by atoms with Crippen molar-refractivity contribution in [3.05, 3.63) is 114 Å². The highest BCUT2D eigenvalue weighted by Crippen LogP contribution is 2.32. The molecule has 3 N–H and O–H groups in total. The number of carbonyl (C=O) groups excluding carboxylic acids is 1. The number of nitrogens with two attached hydrogens (primary N) is 1. The number of para-hydroxylation sites is 2. The highest BCUT2D eigenvalue weighted by molar-refractivity contribution is 5.90. The Kier molecular flexibility index (Phi) is 7.13. The van der Waals surface area contributed by atoms with E-state index in [9.17, 15) is 4.79 Å². The molecule has 2 heterocycles. The predicted octanol–water partition coefficient (Wildman–Crippen LogP) is 6.55. The Hall–Kier alpha value is -5.11. The molecule has 0 amide bonds. The number of nitrogens with zero attached hydrogens (tertiary/aromatic N) is 3. The van der Waals surface area contributed by atoms with E-state index >= 15 is 0 Å². The molecule has 0 saturated carbocycles. The van der Waals surface area contributed by atoms with Gasteiger partial charge in [0.1, 0.15) is 0 Å². The molecule has 8 nitrogen and oxygen atoms in total. The van der Waals surface area contributed by atoms with Gasteiger partial charge in [-0.05, 0) is 85.0 Å². The number of benzene rings is 4. The van der Waals surface area contributed by atoms with Crippen LogP contribution in [0.15, 0.2) is 108 Å². The Morgan fingerprint density at radius 3 is 2.05 bits per heavy atom. The van der Waals surface area contributed by atoms with Gasteiger partial charge in [0, 0.05) is 29.9 Å². The first-order valence-electron chi connectivity index (χ1n) is 13.3. The first kappa shape index (κ1) is 25.2. The minimum Gasteiger partial charge on any atom is -0.416 e. The lowest BCUT2D eigenvalue weighted by molar-refractivity contribution is 0.0597. The SMILES string of the molecule is Nc1ccccc1NOC(=O)c1ccc(-c2nnc(-c3ccc(N4CCC(c5ccccc5)CC4)cc3)o2)cc1. The standard InChI is InChI=1S/C32H29N5O3/c33-28-8-4-5-9-29(28)36-40-32(38)26-12-10-24(11-13-26)30-34-35-31(39-30)25-14-16-27(17-15-25)37-20-18-23(19-21-37)22-6-2-1-3-7-22/h1-17,23,36H,18-21,33H2. The fourth-order valence-corrected chi connectivity index (χ4v) is 4.97. The van der Waals surface area contributed by atoms with Crippen molar-refractivity contribution < 1.29 is 14.0 Å². The van der Waals surface area contributed by atoms with Crippen molar-refractivity contribution in [1.82, 2.24) is 10.2 Å². The molecular weight excluding hydrogens is 502 g/mol. The van der Waals surface area contributed by atoms with E-state index in [1.54, 1.807) is 48.5 Å². The number of piperidine rings is 1. The Morgan fingerprint density at radius 1 is 0.800 bits per heavy atom. The van der Waals surface area contributed by atoms with Crippen LogP contribution >= 0.6 is 0 Å². The summed E-state index contributed by atoms with van der Waals surface area (Å²) in [4.78, 5) is 20.0. The highest BCUT2D eigenvalue weighted by Gasteiger charge is 2.21. The number of anilines is 3. The van der Waals surface area contributed by atoms with E-state index in [1.807, 2.05) is 12.1 Å². The van der Waals surface area contributed by atoms with Gasteiger partial charge in [-0.3, -0.25) is 0 Å². The van der Waals surface area contributed by atoms with E-state index in [4.69, 9.17) is 15.0 Å². The van der Waals surface area contributed by atoms with Crippen molar-refractivity contribution in [3.63, 3.8) is 0 Å². The molecule has 200 valence electrons. The number of hydrogen-bond donors (Lipinski definition) is 2. The molecule has 1 fully saturated rings. The molecule has 1 aliphatic rings. The number of nitrogen functional groups attached to an aromatic ring is 1. The van der Waals surface area contributed by atoms with Crippen LogP contribution in [0.2, 0.25) is 0 Å². The van der Waals surface area contributed by atoms with Gasteiger partial charge in [0.25, 0.3) is 0 Å². The maximum Gasteiger partial charge on any atom is 0.362 e. The zero-order valence-electron chi connectivity index (χ0n) is 21.9. The molecular formula is C32H29N5O3. The Labute approximate surface area is 232 Å². The summed E-state index contributed by atoms with van der Waals surface area (Å²) in [5, 5.41) is 8.44. The third kappa shape index (κ3) is 5.51. The lowest BCUT2D eigenvalue weighted by atomic mass is 9.89. The number of rotatable bonds is 7. The summed E-state index contributed by atoms with van der Waals surface area (Å²) in [6, 6.07) is 32.9. The summed E-state index contributed by atoms with van der Waals surface area (Å²) >= 11 is 0. The smallest absolute Gasteiger partial charge is 0.362 e. The summed E-state index contributed by atoms with van der Waals surface area (Å²) in [5.41, 5.74) is 14.0. The van der Waals surface area contributed by atoms with E-state index in [0.717, 1.165) is 31.5 Å². The molecule has 6 rings (SSSR count). The van der Waals surface area contributed by atoms with Gasteiger partial charge in [-0.2, -0.15) is 0 Å². The van der Waals surface area contributed by atoms with Crippen LogP contribution in [0.5, 0.6) is 0 Å². The fourth-order valence-electron chi connectivity index (χ4n) is 4.97. The lowest BCUT2D eigenvalue weighted by Crippen LogP contribution is -2.32. The van der Waals surface area contributed by atoms with Crippen LogP contribution < -0.4 is 16.1 Å². The van der Waals surface area contributed by atoms with E-state index < -0.39 is 5.97 Å². The Bertz CT molecular complexity index is 1580. The molecule has 5 aromatic rings. The number of aromatic nitrogens is 2. The van der Waals surface area contributed by atoms with Gasteiger partial charge >= 0.3 is 5.97 Å². The summed E-state index contributed by atoms with van der Waals surface area (Å²) in [6.45, 7) is 2.06. The van der Waals surface area contributed by atoms with Gasteiger partial charge in [-0.15, -0.1) is 10.2 Å². The number of nitrogens with one attached hydrogen (secondary N) is 1. The van der Waals surface area contributed by atoms with Crippen LogP contribution in [0.4, 0.5) is 17.1 Å². The largest absolute Gasteiger partial charge is 0.416 e. The van der Waals surface area contributed by atoms with Crippen molar-refractivity contribution >= 4 is 23.0 Å². The average Bonchev–Trinajstić information content (AvgIpc) is 3.52. The van der Waals surface area contributed by atoms with Gasteiger partial charge in [-0.25, -0.2) is 10.3 Å². The molecule has 0 spiro atoms. The van der Waals surface area contributed by atoms with E-state index in [2.05, 4.69) is 63.0 Å². The maximum atomic E-state index is 12.4. The maximum absolute atomic E-state index is 12.4. The van der Waals surface area contributed by atoms with Crippen molar-refractivity contribution in [2.24, 2.45) is 0 Å². The molecule has 40 heavy (non-hydrogen) atoms. The predicted molar refractivity (Wildman–Crippen MR) is 156 cm³/mol. The molecule has 0 atom stereocenters. The summed E-state index contributed by atoms with van der Waals surface area (Å²) < 4.78 is 5.94. The van der Waals surface area contributed by atoms with E-state index in [0.29, 0.717) is 40.2 Å². The summed E-state index contributed by atoms with van der Waals surface area (Å²) in [5.74, 6) is 0.901. The number of hydrogen-bond acceptors (Lipinski definition) is 8. The molecule has 0 aliphatic carbocycles. The first-order chi connectivity index (χ1) is 19.6. The fraction of sp³-hybridized carbons (Fsp3) is 0.156. The molecule has 0 radical (unpaired) electrons. The van der Waals surface area contributed by atoms with Gasteiger partial charge < -0.3 is 19.9 Å². The van der Waals surface area contributed by atoms with Crippen molar-refractivity contribution in [2.75, 3.05) is 29.2 Å². The third-order valence-electron chi connectivity index (χ3n) is 7.25. The van der Waals surface area contributed by atoms with Gasteiger partial charge in [-0.1, -0.05) is 42.5 Å². The van der Waals surface area contributed by atoms with Crippen LogP contribution in [0.25, 0.3) is 22.9 Å². The average molecular weight is 532 g/mol. The number of carbonyl (C=O) groups is 1. The van der Waals surface area contributed by atoms with Gasteiger partial charge in [0.05, 0.1) is 16.9 Å². The molecule has 8 heteroatoms. The minimum atomic E-state index is -0.537. The van der Waals surface area contributed by atoms with Crippen LogP contribution in [-0.4, -0.2) is 29.3 Å². The van der Waals surface area contributed by atoms with E-state index in [1.165, 1.54) is 11.3 Å². The Balaban J connectivity index is 1.06. The van der Waals surface area contributed by atoms with Crippen LogP contribution in [-0.2, 0) is 4.84 Å². The van der Waals surface area contributed by atoms with Gasteiger partial charge in [0.15, 0.2) is 0 Å². The van der Waals surface area contributed by atoms with E-state index in [-0.39, 0.29) is 0 Å². The Morgan fingerprint density at radius 2 is 1.40 bits per heavy atom. The topological polar surface area (TPSA) is 107 Å². The van der Waals surface area contributed by atoms with Gasteiger partial charge in [0.2, 0.25) is 11.8 Å². The molecule has 0 bridgehead atoms. The molecule has 1 aromatic heterocycles. The third-order valence-corrected chi connectivity index (χ3v) is 7.25. The second-order valence-corrected chi connectivity index (χ2v) is 9.79.